The maximum absolute atomic E-state index is 14.9. The predicted octanol–water partition coefficient (Wildman–Crippen LogP) is 0.700. The highest BCUT2D eigenvalue weighted by Gasteiger charge is 2.42. The molecule has 3 aliphatic rings. The van der Waals surface area contributed by atoms with Crippen LogP contribution in [0.4, 0.5) is 4.39 Å². The van der Waals surface area contributed by atoms with Crippen molar-refractivity contribution in [2.75, 3.05) is 7.11 Å². The van der Waals surface area contributed by atoms with E-state index in [1.54, 1.807) is 7.11 Å². The second-order valence-corrected chi connectivity index (χ2v) is 6.53. The maximum Gasteiger partial charge on any atom is 0.258 e. The SMILES string of the molecule is COC1Cc2cc3c(c(F)c2C1)C(=O)N([C@H]1CCC(=O)NC1=O)C3. The number of nitrogens with zero attached hydrogens (tertiary/aromatic N) is 1. The van der Waals surface area contributed by atoms with Gasteiger partial charge in [-0.05, 0) is 29.5 Å². The average molecular weight is 332 g/mol. The molecule has 2 heterocycles. The Hall–Kier alpha value is -2.28. The molecule has 1 aliphatic carbocycles. The van der Waals surface area contributed by atoms with Crippen molar-refractivity contribution in [3.63, 3.8) is 0 Å². The van der Waals surface area contributed by atoms with Crippen molar-refractivity contribution in [1.29, 1.82) is 0 Å². The van der Waals surface area contributed by atoms with Gasteiger partial charge in [-0.25, -0.2) is 4.39 Å². The minimum atomic E-state index is -0.719. The summed E-state index contributed by atoms with van der Waals surface area (Å²) < 4.78 is 20.2. The molecule has 1 aromatic rings. The summed E-state index contributed by atoms with van der Waals surface area (Å²) in [6.45, 7) is 0.197. The van der Waals surface area contributed by atoms with Crippen LogP contribution in [0.2, 0.25) is 0 Å². The van der Waals surface area contributed by atoms with E-state index in [1.165, 1.54) is 4.90 Å². The molecular formula is C17H17FN2O4. The fourth-order valence-electron chi connectivity index (χ4n) is 3.90. The number of ether oxygens (including phenoxy) is 1. The van der Waals surface area contributed by atoms with Crippen molar-refractivity contribution in [3.8, 4) is 0 Å². The van der Waals surface area contributed by atoms with Crippen LogP contribution in [-0.2, 0) is 33.7 Å². The normalized spacial score (nSPS) is 25.8. The van der Waals surface area contributed by atoms with Crippen LogP contribution in [0.15, 0.2) is 6.07 Å². The molecule has 2 atom stereocenters. The topological polar surface area (TPSA) is 75.7 Å². The molecule has 4 rings (SSSR count). The van der Waals surface area contributed by atoms with Gasteiger partial charge in [-0.2, -0.15) is 0 Å². The number of benzene rings is 1. The number of carbonyl (C=O) groups excluding carboxylic acids is 3. The molecule has 126 valence electrons. The third-order valence-electron chi connectivity index (χ3n) is 5.16. The lowest BCUT2D eigenvalue weighted by atomic mass is 10.0. The molecule has 0 saturated carbocycles. The van der Waals surface area contributed by atoms with Gasteiger partial charge in [-0.15, -0.1) is 0 Å². The number of fused-ring (bicyclic) bond motifs is 2. The van der Waals surface area contributed by atoms with E-state index in [-0.39, 0.29) is 37.0 Å². The molecule has 1 N–H and O–H groups in total. The molecule has 1 unspecified atom stereocenters. The van der Waals surface area contributed by atoms with Crippen LogP contribution >= 0.6 is 0 Å². The first-order valence-electron chi connectivity index (χ1n) is 8.00. The minimum Gasteiger partial charge on any atom is -0.381 e. The van der Waals surface area contributed by atoms with Gasteiger partial charge in [0, 0.05) is 26.5 Å². The molecule has 1 saturated heterocycles. The van der Waals surface area contributed by atoms with Crippen LogP contribution in [0.1, 0.15) is 39.9 Å². The standard InChI is InChI=1S/C17H17FN2O4/c1-24-10-5-8-4-9-7-20(12-2-3-13(21)19-16(12)22)17(23)14(9)15(18)11(8)6-10/h4,10,12H,2-3,5-7H2,1H3,(H,19,21,22)/t10?,12-/m0/s1. The smallest absolute Gasteiger partial charge is 0.258 e. The van der Waals surface area contributed by atoms with Crippen molar-refractivity contribution in [3.05, 3.63) is 34.1 Å². The summed E-state index contributed by atoms with van der Waals surface area (Å²) in [4.78, 5) is 37.4. The molecule has 7 heteroatoms. The van der Waals surface area contributed by atoms with E-state index in [0.717, 1.165) is 5.56 Å². The van der Waals surface area contributed by atoms with E-state index >= 15 is 0 Å². The molecule has 6 nitrogen and oxygen atoms in total. The van der Waals surface area contributed by atoms with E-state index in [4.69, 9.17) is 4.74 Å². The molecule has 1 aromatic carbocycles. The second kappa shape index (κ2) is 5.37. The van der Waals surface area contributed by atoms with Crippen LogP contribution in [0.5, 0.6) is 0 Å². The average Bonchev–Trinajstić information content (AvgIpc) is 3.09. The third kappa shape index (κ3) is 2.15. The molecular weight excluding hydrogens is 315 g/mol. The number of piperidine rings is 1. The minimum absolute atomic E-state index is 0.0571. The first-order chi connectivity index (χ1) is 11.5. The van der Waals surface area contributed by atoms with Crippen LogP contribution in [0.3, 0.4) is 0 Å². The summed E-state index contributed by atoms with van der Waals surface area (Å²) in [5, 5.41) is 2.24. The summed E-state index contributed by atoms with van der Waals surface area (Å²) in [7, 11) is 1.60. The molecule has 1 fully saturated rings. The largest absolute Gasteiger partial charge is 0.381 e. The summed E-state index contributed by atoms with van der Waals surface area (Å²) in [6.07, 6.45) is 1.49. The number of hydrogen-bond acceptors (Lipinski definition) is 4. The molecule has 0 radical (unpaired) electrons. The van der Waals surface area contributed by atoms with Gasteiger partial charge in [0.05, 0.1) is 11.7 Å². The lowest BCUT2D eigenvalue weighted by Gasteiger charge is -2.29. The summed E-state index contributed by atoms with van der Waals surface area (Å²) in [6, 6.07) is 1.14. The Morgan fingerprint density at radius 1 is 1.25 bits per heavy atom. The van der Waals surface area contributed by atoms with Crippen LogP contribution in [0.25, 0.3) is 0 Å². The summed E-state index contributed by atoms with van der Waals surface area (Å²) >= 11 is 0. The maximum atomic E-state index is 14.9. The third-order valence-corrected chi connectivity index (χ3v) is 5.16. The van der Waals surface area contributed by atoms with E-state index < -0.39 is 23.7 Å². The number of amides is 3. The zero-order chi connectivity index (χ0) is 17.0. The number of hydrogen-bond donors (Lipinski definition) is 1. The number of rotatable bonds is 2. The van der Waals surface area contributed by atoms with Crippen molar-refractivity contribution in [1.82, 2.24) is 10.2 Å². The summed E-state index contributed by atoms with van der Waals surface area (Å²) in [5.41, 5.74) is 2.09. The van der Waals surface area contributed by atoms with Gasteiger partial charge in [0.15, 0.2) is 0 Å². The lowest BCUT2D eigenvalue weighted by molar-refractivity contribution is -0.136. The van der Waals surface area contributed by atoms with Gasteiger partial charge in [-0.1, -0.05) is 6.07 Å². The number of methoxy groups -OCH3 is 1. The fraction of sp³-hybridized carbons (Fsp3) is 0.471. The Bertz CT molecular complexity index is 776. The molecule has 0 spiro atoms. The Morgan fingerprint density at radius 2 is 2.04 bits per heavy atom. The second-order valence-electron chi connectivity index (χ2n) is 6.53. The highest BCUT2D eigenvalue weighted by Crippen LogP contribution is 2.36. The van der Waals surface area contributed by atoms with Crippen LogP contribution in [0, 0.1) is 5.82 Å². The van der Waals surface area contributed by atoms with Gasteiger partial charge < -0.3 is 9.64 Å². The lowest BCUT2D eigenvalue weighted by Crippen LogP contribution is -2.52. The monoisotopic (exact) mass is 332 g/mol. The Balaban J connectivity index is 1.66. The zero-order valence-electron chi connectivity index (χ0n) is 13.2. The van der Waals surface area contributed by atoms with Gasteiger partial charge in [0.25, 0.3) is 5.91 Å². The van der Waals surface area contributed by atoms with Crippen molar-refractivity contribution in [2.45, 2.75) is 44.4 Å². The van der Waals surface area contributed by atoms with E-state index in [0.29, 0.717) is 24.0 Å². The molecule has 24 heavy (non-hydrogen) atoms. The van der Waals surface area contributed by atoms with Crippen molar-refractivity contribution >= 4 is 17.7 Å². The predicted molar refractivity (Wildman–Crippen MR) is 80.7 cm³/mol. The van der Waals surface area contributed by atoms with Crippen molar-refractivity contribution < 1.29 is 23.5 Å². The molecule has 0 bridgehead atoms. The molecule has 3 amide bonds. The number of halogens is 1. The Labute approximate surface area is 138 Å². The van der Waals surface area contributed by atoms with E-state index in [1.807, 2.05) is 6.07 Å². The van der Waals surface area contributed by atoms with E-state index in [2.05, 4.69) is 5.32 Å². The van der Waals surface area contributed by atoms with Gasteiger partial charge in [0.1, 0.15) is 11.9 Å². The highest BCUT2D eigenvalue weighted by atomic mass is 19.1. The molecule has 2 aliphatic heterocycles. The zero-order valence-corrected chi connectivity index (χ0v) is 13.2. The van der Waals surface area contributed by atoms with Crippen LogP contribution < -0.4 is 5.32 Å². The van der Waals surface area contributed by atoms with E-state index in [9.17, 15) is 18.8 Å². The highest BCUT2D eigenvalue weighted by molar-refractivity contribution is 6.05. The van der Waals surface area contributed by atoms with Gasteiger partial charge >= 0.3 is 0 Å². The number of imide groups is 1. The quantitative estimate of drug-likeness (QED) is 0.809. The number of nitrogens with one attached hydrogen (secondary N) is 1. The first kappa shape index (κ1) is 15.3. The molecule has 0 aromatic heterocycles. The summed E-state index contributed by atoms with van der Waals surface area (Å²) in [5.74, 6) is -1.78. The van der Waals surface area contributed by atoms with Gasteiger partial charge in [-0.3, -0.25) is 19.7 Å². The first-order valence-corrected chi connectivity index (χ1v) is 8.00. The Morgan fingerprint density at radius 3 is 2.75 bits per heavy atom. The Kier molecular flexibility index (Phi) is 3.42. The van der Waals surface area contributed by atoms with Crippen molar-refractivity contribution in [2.24, 2.45) is 0 Å². The van der Waals surface area contributed by atoms with Gasteiger partial charge in [0.2, 0.25) is 11.8 Å². The fourth-order valence-corrected chi connectivity index (χ4v) is 3.90. The van der Waals surface area contributed by atoms with Crippen LogP contribution in [-0.4, -0.2) is 41.9 Å². The number of carbonyl (C=O) groups is 3.